The molecule has 1 atom stereocenters. The Labute approximate surface area is 154 Å². The molecule has 0 bridgehead atoms. The van der Waals surface area contributed by atoms with Gasteiger partial charge in [-0.25, -0.2) is 4.79 Å². The van der Waals surface area contributed by atoms with E-state index in [2.05, 4.69) is 32.2 Å². The Balaban J connectivity index is 1.39. The van der Waals surface area contributed by atoms with Gasteiger partial charge in [-0.1, -0.05) is 43.2 Å². The summed E-state index contributed by atoms with van der Waals surface area (Å²) < 4.78 is 2.23. The monoisotopic (exact) mass is 353 g/mol. The number of hydrogen-bond acceptors (Lipinski definition) is 3. The summed E-state index contributed by atoms with van der Waals surface area (Å²) in [4.78, 5) is 14.7. The summed E-state index contributed by atoms with van der Waals surface area (Å²) in [5.41, 5.74) is 1.24. The number of carbonyl (C=O) groups excluding carboxylic acids is 1. The highest BCUT2D eigenvalue weighted by molar-refractivity contribution is 5.75. The van der Waals surface area contributed by atoms with Crippen LogP contribution >= 0.6 is 0 Å². The molecule has 1 saturated heterocycles. The fourth-order valence-corrected chi connectivity index (χ4v) is 4.29. The topological polar surface area (TPSA) is 63.1 Å². The van der Waals surface area contributed by atoms with Crippen molar-refractivity contribution in [2.75, 3.05) is 13.1 Å². The van der Waals surface area contributed by atoms with Crippen molar-refractivity contribution in [1.29, 1.82) is 0 Å². The summed E-state index contributed by atoms with van der Waals surface area (Å²) in [5, 5.41) is 11.6. The molecule has 1 aliphatic carbocycles. The van der Waals surface area contributed by atoms with Gasteiger partial charge in [-0.3, -0.25) is 0 Å². The van der Waals surface area contributed by atoms with Gasteiger partial charge in [-0.2, -0.15) is 0 Å². The lowest BCUT2D eigenvalue weighted by molar-refractivity contribution is 0.189. The van der Waals surface area contributed by atoms with E-state index in [1.165, 1.54) is 31.2 Å². The molecule has 26 heavy (non-hydrogen) atoms. The molecule has 2 aromatic rings. The lowest BCUT2D eigenvalue weighted by Crippen LogP contribution is -2.41. The number of hydrogen-bond donors (Lipinski definition) is 1. The van der Waals surface area contributed by atoms with Crippen LogP contribution in [0.5, 0.6) is 0 Å². The van der Waals surface area contributed by atoms with Gasteiger partial charge in [0.15, 0.2) is 5.82 Å². The molecule has 0 spiro atoms. The zero-order valence-electron chi connectivity index (χ0n) is 15.2. The maximum absolute atomic E-state index is 12.7. The Hall–Kier alpha value is -2.37. The Morgan fingerprint density at radius 1 is 1.12 bits per heavy atom. The second kappa shape index (κ2) is 7.89. The number of aromatic nitrogens is 3. The number of carbonyl (C=O) groups is 1. The summed E-state index contributed by atoms with van der Waals surface area (Å²) >= 11 is 0. The highest BCUT2D eigenvalue weighted by Gasteiger charge is 2.34. The van der Waals surface area contributed by atoms with Crippen molar-refractivity contribution in [3.63, 3.8) is 0 Å². The molecule has 1 unspecified atom stereocenters. The van der Waals surface area contributed by atoms with Crippen LogP contribution in [0.25, 0.3) is 0 Å². The number of urea groups is 1. The van der Waals surface area contributed by atoms with Gasteiger partial charge in [-0.15, -0.1) is 10.2 Å². The normalized spacial score (nSPS) is 20.6. The fourth-order valence-electron chi connectivity index (χ4n) is 4.29. The number of likely N-dealkylation sites (tertiary alicyclic amines) is 1. The first-order valence-corrected chi connectivity index (χ1v) is 9.81. The lowest BCUT2D eigenvalue weighted by atomic mass is 10.1. The first-order chi connectivity index (χ1) is 12.8. The van der Waals surface area contributed by atoms with Crippen LogP contribution in [0.2, 0.25) is 0 Å². The molecule has 2 aliphatic rings. The van der Waals surface area contributed by atoms with Gasteiger partial charge < -0.3 is 14.8 Å². The van der Waals surface area contributed by atoms with Gasteiger partial charge in [0.2, 0.25) is 0 Å². The zero-order valence-corrected chi connectivity index (χ0v) is 15.2. The molecule has 4 rings (SSSR count). The molecule has 6 heteroatoms. The molecule has 1 N–H and O–H groups in total. The van der Waals surface area contributed by atoms with Crippen LogP contribution in [-0.4, -0.2) is 38.8 Å². The number of amides is 2. The summed E-state index contributed by atoms with van der Waals surface area (Å²) in [6.45, 7) is 1.45. The van der Waals surface area contributed by atoms with Crippen molar-refractivity contribution in [2.24, 2.45) is 0 Å². The summed E-state index contributed by atoms with van der Waals surface area (Å²) in [6.07, 6.45) is 9.64. The molecule has 1 aromatic heterocycles. The molecule has 0 radical (unpaired) electrons. The predicted molar refractivity (Wildman–Crippen MR) is 99.8 cm³/mol. The molecule has 6 nitrogen and oxygen atoms in total. The van der Waals surface area contributed by atoms with Crippen LogP contribution in [0.4, 0.5) is 4.79 Å². The van der Waals surface area contributed by atoms with Gasteiger partial charge >= 0.3 is 6.03 Å². The number of rotatable bonds is 5. The highest BCUT2D eigenvalue weighted by Crippen LogP contribution is 2.35. The third-order valence-corrected chi connectivity index (χ3v) is 5.66. The summed E-state index contributed by atoms with van der Waals surface area (Å²) in [7, 11) is 0. The fraction of sp³-hybridized carbons (Fsp3) is 0.550. The predicted octanol–water partition coefficient (Wildman–Crippen LogP) is 3.48. The van der Waals surface area contributed by atoms with Crippen molar-refractivity contribution >= 4 is 6.03 Å². The van der Waals surface area contributed by atoms with E-state index in [1.54, 1.807) is 0 Å². The van der Waals surface area contributed by atoms with Gasteiger partial charge in [0.25, 0.3) is 0 Å². The van der Waals surface area contributed by atoms with Gasteiger partial charge in [0, 0.05) is 19.1 Å². The second-order valence-corrected chi connectivity index (χ2v) is 7.35. The first kappa shape index (κ1) is 17.1. The molecule has 1 aromatic carbocycles. The van der Waals surface area contributed by atoms with Crippen molar-refractivity contribution in [3.05, 3.63) is 48.0 Å². The van der Waals surface area contributed by atoms with Gasteiger partial charge in [0.05, 0.1) is 6.04 Å². The molecule has 1 saturated carbocycles. The van der Waals surface area contributed by atoms with Crippen LogP contribution in [0, 0.1) is 0 Å². The van der Waals surface area contributed by atoms with E-state index in [1.807, 2.05) is 29.4 Å². The average molecular weight is 353 g/mol. The standard InChI is InChI=1S/C20H27N5O/c26-20(21-13-12-16-7-2-1-3-8-16)24-14-6-11-18(24)19-23-22-15-25(19)17-9-4-5-10-17/h1-3,7-8,15,17-18H,4-6,9-14H2,(H,21,26). The van der Waals surface area contributed by atoms with Crippen molar-refractivity contribution in [1.82, 2.24) is 25.0 Å². The Morgan fingerprint density at radius 2 is 1.92 bits per heavy atom. The SMILES string of the molecule is O=C(NCCc1ccccc1)N1CCCC1c1nncn1C1CCCC1. The maximum Gasteiger partial charge on any atom is 0.318 e. The van der Waals surface area contributed by atoms with E-state index >= 15 is 0 Å². The smallest absolute Gasteiger partial charge is 0.318 e. The third kappa shape index (κ3) is 3.59. The van der Waals surface area contributed by atoms with E-state index in [-0.39, 0.29) is 12.1 Å². The third-order valence-electron chi connectivity index (χ3n) is 5.66. The number of nitrogens with one attached hydrogen (secondary N) is 1. The first-order valence-electron chi connectivity index (χ1n) is 9.81. The molecule has 1 aliphatic heterocycles. The summed E-state index contributed by atoms with van der Waals surface area (Å²) in [5.74, 6) is 0.965. The van der Waals surface area contributed by atoms with E-state index < -0.39 is 0 Å². The largest absolute Gasteiger partial charge is 0.338 e. The van der Waals surface area contributed by atoms with E-state index in [0.717, 1.165) is 31.6 Å². The van der Waals surface area contributed by atoms with Crippen LogP contribution in [0.1, 0.15) is 62.0 Å². The maximum atomic E-state index is 12.7. The van der Waals surface area contributed by atoms with Crippen molar-refractivity contribution in [2.45, 2.75) is 57.0 Å². The van der Waals surface area contributed by atoms with Gasteiger partial charge in [-0.05, 0) is 37.7 Å². The Bertz CT molecular complexity index is 723. The average Bonchev–Trinajstić information content (AvgIpc) is 3.41. The van der Waals surface area contributed by atoms with E-state index in [0.29, 0.717) is 12.6 Å². The zero-order chi connectivity index (χ0) is 17.8. The van der Waals surface area contributed by atoms with Crippen LogP contribution in [-0.2, 0) is 6.42 Å². The van der Waals surface area contributed by atoms with E-state index in [4.69, 9.17) is 0 Å². The van der Waals surface area contributed by atoms with Crippen LogP contribution in [0.3, 0.4) is 0 Å². The molecule has 2 amide bonds. The molecule has 2 fully saturated rings. The van der Waals surface area contributed by atoms with Crippen LogP contribution in [0.15, 0.2) is 36.7 Å². The molecular formula is C20H27N5O. The van der Waals surface area contributed by atoms with E-state index in [9.17, 15) is 4.79 Å². The number of nitrogens with zero attached hydrogens (tertiary/aromatic N) is 4. The Kier molecular flexibility index (Phi) is 5.18. The van der Waals surface area contributed by atoms with Crippen molar-refractivity contribution in [3.8, 4) is 0 Å². The molecule has 138 valence electrons. The minimum absolute atomic E-state index is 0.0180. The van der Waals surface area contributed by atoms with Crippen LogP contribution < -0.4 is 5.32 Å². The lowest BCUT2D eigenvalue weighted by Gasteiger charge is -2.26. The molecule has 2 heterocycles. The van der Waals surface area contributed by atoms with Gasteiger partial charge in [0.1, 0.15) is 6.33 Å². The van der Waals surface area contributed by atoms with Crippen molar-refractivity contribution < 1.29 is 4.79 Å². The second-order valence-electron chi connectivity index (χ2n) is 7.35. The minimum Gasteiger partial charge on any atom is -0.338 e. The highest BCUT2D eigenvalue weighted by atomic mass is 16.2. The quantitative estimate of drug-likeness (QED) is 0.895. The molecular weight excluding hydrogens is 326 g/mol. The minimum atomic E-state index is 0.0180. The number of benzene rings is 1. The Morgan fingerprint density at radius 3 is 2.73 bits per heavy atom. The summed E-state index contributed by atoms with van der Waals surface area (Å²) in [6, 6.07) is 10.8.